The first kappa shape index (κ1) is 15.5. The van der Waals surface area contributed by atoms with Crippen molar-refractivity contribution in [2.24, 2.45) is 5.14 Å². The summed E-state index contributed by atoms with van der Waals surface area (Å²) in [6, 6.07) is 2.96. The number of primary sulfonamides is 1. The van der Waals surface area contributed by atoms with Crippen molar-refractivity contribution >= 4 is 31.9 Å². The number of hydrogen-bond acceptors (Lipinski definition) is 3. The molecule has 1 amide bonds. The van der Waals surface area contributed by atoms with Gasteiger partial charge in [-0.3, -0.25) is 4.79 Å². The minimum absolute atomic E-state index is 0.0681. The van der Waals surface area contributed by atoms with Crippen molar-refractivity contribution in [3.8, 4) is 0 Å². The fourth-order valence-corrected chi connectivity index (χ4v) is 3.86. The minimum atomic E-state index is -3.87. The molecule has 0 aliphatic heterocycles. The third-order valence-corrected chi connectivity index (χ3v) is 5.91. The molecule has 0 aromatic heterocycles. The molecule has 0 radical (unpaired) electrons. The number of benzene rings is 1. The van der Waals surface area contributed by atoms with Crippen molar-refractivity contribution < 1.29 is 13.2 Å². The van der Waals surface area contributed by atoms with E-state index in [0.717, 1.165) is 19.3 Å². The van der Waals surface area contributed by atoms with Crippen molar-refractivity contribution in [3.63, 3.8) is 0 Å². The summed E-state index contributed by atoms with van der Waals surface area (Å²) in [5.74, 6) is -0.271. The smallest absolute Gasteiger partial charge is 0.251 e. The molecule has 0 spiro atoms. The largest absolute Gasteiger partial charge is 0.347 e. The predicted octanol–water partition coefficient (Wildman–Crippen LogP) is 2.08. The Morgan fingerprint density at radius 3 is 2.45 bits per heavy atom. The van der Waals surface area contributed by atoms with Gasteiger partial charge in [0.2, 0.25) is 10.0 Å². The molecule has 0 saturated heterocycles. The number of carbonyl (C=O) groups is 1. The van der Waals surface area contributed by atoms with E-state index in [1.165, 1.54) is 6.07 Å². The number of nitrogens with one attached hydrogen (secondary N) is 1. The van der Waals surface area contributed by atoms with Crippen molar-refractivity contribution in [2.45, 2.75) is 43.5 Å². The Labute approximate surface area is 127 Å². The van der Waals surface area contributed by atoms with Crippen LogP contribution < -0.4 is 10.5 Å². The SMILES string of the molecule is Cc1cc(C(=O)NC2(C)CCC2)cc(S(N)(=O)=O)c1Br. The van der Waals surface area contributed by atoms with Gasteiger partial charge in [-0.1, -0.05) is 0 Å². The summed E-state index contributed by atoms with van der Waals surface area (Å²) in [7, 11) is -3.87. The van der Waals surface area contributed by atoms with Crippen LogP contribution in [0.2, 0.25) is 0 Å². The number of aryl methyl sites for hydroxylation is 1. The second kappa shape index (κ2) is 5.13. The molecule has 0 bridgehead atoms. The van der Waals surface area contributed by atoms with E-state index in [1.807, 2.05) is 6.92 Å². The van der Waals surface area contributed by atoms with Crippen molar-refractivity contribution in [1.82, 2.24) is 5.32 Å². The lowest BCUT2D eigenvalue weighted by molar-refractivity contribution is 0.0850. The normalized spacial score (nSPS) is 17.4. The molecule has 1 aromatic rings. The lowest BCUT2D eigenvalue weighted by Crippen LogP contribution is -2.50. The van der Waals surface area contributed by atoms with E-state index in [4.69, 9.17) is 5.14 Å². The molecule has 1 aliphatic rings. The highest BCUT2D eigenvalue weighted by Gasteiger charge is 2.33. The second-order valence-electron chi connectivity index (χ2n) is 5.52. The first-order valence-corrected chi connectivity index (χ1v) is 8.62. The van der Waals surface area contributed by atoms with Crippen LogP contribution in [-0.2, 0) is 10.0 Å². The van der Waals surface area contributed by atoms with Gasteiger partial charge in [0, 0.05) is 15.6 Å². The molecular formula is C13H17BrN2O3S. The summed E-state index contributed by atoms with van der Waals surface area (Å²) in [5.41, 5.74) is 0.781. The number of halogens is 1. The maximum absolute atomic E-state index is 12.2. The van der Waals surface area contributed by atoms with Gasteiger partial charge in [-0.25, -0.2) is 13.6 Å². The van der Waals surface area contributed by atoms with Gasteiger partial charge in [0.15, 0.2) is 0 Å². The third-order valence-electron chi connectivity index (χ3n) is 3.66. The van der Waals surface area contributed by atoms with Crippen LogP contribution in [0.25, 0.3) is 0 Å². The summed E-state index contributed by atoms with van der Waals surface area (Å²) in [4.78, 5) is 12.2. The summed E-state index contributed by atoms with van der Waals surface area (Å²) >= 11 is 3.19. The Morgan fingerprint density at radius 1 is 1.40 bits per heavy atom. The van der Waals surface area contributed by atoms with Gasteiger partial charge in [0.25, 0.3) is 5.91 Å². The van der Waals surface area contributed by atoms with E-state index in [0.29, 0.717) is 15.6 Å². The van der Waals surface area contributed by atoms with E-state index in [9.17, 15) is 13.2 Å². The van der Waals surface area contributed by atoms with Crippen molar-refractivity contribution in [1.29, 1.82) is 0 Å². The molecule has 0 heterocycles. The standard InChI is InChI=1S/C13H17BrN2O3S/c1-8-6-9(7-10(11(8)14)20(15,18)19)12(17)16-13(2)4-3-5-13/h6-7H,3-5H2,1-2H3,(H,16,17)(H2,15,18,19). The molecule has 110 valence electrons. The van der Waals surface area contributed by atoms with E-state index >= 15 is 0 Å². The molecule has 0 unspecified atom stereocenters. The van der Waals surface area contributed by atoms with Crippen LogP contribution in [0.5, 0.6) is 0 Å². The number of nitrogens with two attached hydrogens (primary N) is 1. The van der Waals surface area contributed by atoms with E-state index in [2.05, 4.69) is 21.2 Å². The van der Waals surface area contributed by atoms with Crippen LogP contribution in [0.1, 0.15) is 42.1 Å². The highest BCUT2D eigenvalue weighted by molar-refractivity contribution is 9.10. The van der Waals surface area contributed by atoms with Gasteiger partial charge >= 0.3 is 0 Å². The van der Waals surface area contributed by atoms with Crippen LogP contribution in [0, 0.1) is 6.92 Å². The Hall–Kier alpha value is -0.920. The summed E-state index contributed by atoms with van der Waals surface area (Å²) in [6.45, 7) is 3.71. The zero-order valence-corrected chi connectivity index (χ0v) is 13.8. The fourth-order valence-electron chi connectivity index (χ4n) is 2.25. The first-order valence-electron chi connectivity index (χ1n) is 6.28. The van der Waals surface area contributed by atoms with Crippen molar-refractivity contribution in [2.75, 3.05) is 0 Å². The molecule has 3 N–H and O–H groups in total. The maximum Gasteiger partial charge on any atom is 0.251 e. The van der Waals surface area contributed by atoms with Crippen LogP contribution in [0.4, 0.5) is 0 Å². The second-order valence-corrected chi connectivity index (χ2v) is 7.84. The molecule has 1 aliphatic carbocycles. The van der Waals surface area contributed by atoms with Gasteiger partial charge in [0.05, 0.1) is 4.90 Å². The van der Waals surface area contributed by atoms with Crippen LogP contribution in [0.3, 0.4) is 0 Å². The molecule has 7 heteroatoms. The number of sulfonamides is 1. The predicted molar refractivity (Wildman–Crippen MR) is 80.0 cm³/mol. The molecular weight excluding hydrogens is 344 g/mol. The number of hydrogen-bond donors (Lipinski definition) is 2. The van der Waals surface area contributed by atoms with E-state index in [1.54, 1.807) is 13.0 Å². The lowest BCUT2D eigenvalue weighted by atomic mass is 9.78. The molecule has 1 fully saturated rings. The molecule has 0 atom stereocenters. The average molecular weight is 361 g/mol. The van der Waals surface area contributed by atoms with Gasteiger partial charge in [-0.15, -0.1) is 0 Å². The fraction of sp³-hybridized carbons (Fsp3) is 0.462. The molecule has 5 nitrogen and oxygen atoms in total. The summed E-state index contributed by atoms with van der Waals surface area (Å²) in [6.07, 6.45) is 2.98. The van der Waals surface area contributed by atoms with Crippen LogP contribution >= 0.6 is 15.9 Å². The summed E-state index contributed by atoms with van der Waals surface area (Å²) < 4.78 is 23.5. The topological polar surface area (TPSA) is 89.3 Å². The lowest BCUT2D eigenvalue weighted by Gasteiger charge is -2.39. The van der Waals surface area contributed by atoms with Crippen LogP contribution in [-0.4, -0.2) is 19.9 Å². The van der Waals surface area contributed by atoms with E-state index < -0.39 is 10.0 Å². The Morgan fingerprint density at radius 2 is 2.00 bits per heavy atom. The quantitative estimate of drug-likeness (QED) is 0.864. The van der Waals surface area contributed by atoms with Gasteiger partial charge in [-0.05, 0) is 66.7 Å². The minimum Gasteiger partial charge on any atom is -0.347 e. The van der Waals surface area contributed by atoms with Gasteiger partial charge in [-0.2, -0.15) is 0 Å². The molecule has 20 heavy (non-hydrogen) atoms. The Kier molecular flexibility index (Phi) is 3.96. The van der Waals surface area contributed by atoms with E-state index in [-0.39, 0.29) is 16.3 Å². The maximum atomic E-state index is 12.2. The third kappa shape index (κ3) is 3.05. The Bertz CT molecular complexity index is 666. The summed E-state index contributed by atoms with van der Waals surface area (Å²) in [5, 5.41) is 8.12. The molecule has 1 aromatic carbocycles. The highest BCUT2D eigenvalue weighted by Crippen LogP contribution is 2.32. The van der Waals surface area contributed by atoms with Gasteiger partial charge < -0.3 is 5.32 Å². The zero-order valence-electron chi connectivity index (χ0n) is 11.4. The zero-order chi connectivity index (χ0) is 15.1. The average Bonchev–Trinajstić information content (AvgIpc) is 2.28. The van der Waals surface area contributed by atoms with Crippen molar-refractivity contribution in [3.05, 3.63) is 27.7 Å². The molecule has 2 rings (SSSR count). The van der Waals surface area contributed by atoms with Crippen LogP contribution in [0.15, 0.2) is 21.5 Å². The monoisotopic (exact) mass is 360 g/mol. The number of carbonyl (C=O) groups excluding carboxylic acids is 1. The highest BCUT2D eigenvalue weighted by atomic mass is 79.9. The molecule has 1 saturated carbocycles. The first-order chi connectivity index (χ1) is 9.12. The number of rotatable bonds is 3. The number of amides is 1. The Balaban J connectivity index is 2.38. The van der Waals surface area contributed by atoms with Gasteiger partial charge in [0.1, 0.15) is 0 Å².